The molecule has 27 heavy (non-hydrogen) atoms. The fourth-order valence-corrected chi connectivity index (χ4v) is 2.75. The van der Waals surface area contributed by atoms with Gasteiger partial charge in [0.15, 0.2) is 11.5 Å². The van der Waals surface area contributed by atoms with Crippen LogP contribution < -0.4 is 19.6 Å². The molecule has 1 aliphatic heterocycles. The van der Waals surface area contributed by atoms with Crippen LogP contribution in [0.15, 0.2) is 41.5 Å². The Morgan fingerprint density at radius 1 is 1.33 bits per heavy atom. The van der Waals surface area contributed by atoms with E-state index in [4.69, 9.17) is 14.2 Å². The monoisotopic (exact) mass is 367 g/mol. The van der Waals surface area contributed by atoms with Gasteiger partial charge >= 0.3 is 0 Å². The number of hydrazone groups is 1. The number of aromatic nitrogens is 3. The Kier molecular flexibility index (Phi) is 4.56. The van der Waals surface area contributed by atoms with E-state index in [1.807, 2.05) is 24.3 Å². The minimum Gasteiger partial charge on any atom is -0.493 e. The van der Waals surface area contributed by atoms with Gasteiger partial charge in [-0.1, -0.05) is 17.3 Å². The SMILES string of the molecule is COc1cc(/C=N\NC(=O)Cn2nnc3ccccc32)cc2c1OCCO2. The minimum atomic E-state index is -0.314. The summed E-state index contributed by atoms with van der Waals surface area (Å²) in [4.78, 5) is 12.1. The molecule has 1 aromatic heterocycles. The van der Waals surface area contributed by atoms with Crippen molar-refractivity contribution in [2.24, 2.45) is 5.10 Å². The molecule has 0 fully saturated rings. The smallest absolute Gasteiger partial charge is 0.261 e. The third kappa shape index (κ3) is 3.52. The summed E-state index contributed by atoms with van der Waals surface area (Å²) >= 11 is 0. The molecule has 9 heteroatoms. The average Bonchev–Trinajstić information content (AvgIpc) is 3.10. The molecular weight excluding hydrogens is 350 g/mol. The summed E-state index contributed by atoms with van der Waals surface area (Å²) in [5, 5.41) is 12.0. The van der Waals surface area contributed by atoms with Crippen molar-refractivity contribution in [3.05, 3.63) is 42.0 Å². The van der Waals surface area contributed by atoms with Crippen molar-refractivity contribution < 1.29 is 19.0 Å². The fraction of sp³-hybridized carbons (Fsp3) is 0.222. The molecule has 1 amide bonds. The molecule has 0 atom stereocenters. The number of fused-ring (bicyclic) bond motifs is 2. The molecule has 1 N–H and O–H groups in total. The summed E-state index contributed by atoms with van der Waals surface area (Å²) < 4.78 is 18.0. The summed E-state index contributed by atoms with van der Waals surface area (Å²) in [6.45, 7) is 0.964. The molecular formula is C18H17N5O4. The minimum absolute atomic E-state index is 0.0162. The normalized spacial score (nSPS) is 13.1. The van der Waals surface area contributed by atoms with Gasteiger partial charge in [0.2, 0.25) is 5.75 Å². The van der Waals surface area contributed by atoms with E-state index in [1.54, 1.807) is 19.2 Å². The molecule has 1 aliphatic rings. The molecule has 0 bridgehead atoms. The molecule has 4 rings (SSSR count). The van der Waals surface area contributed by atoms with Gasteiger partial charge in [0.05, 0.1) is 18.8 Å². The van der Waals surface area contributed by atoms with Gasteiger partial charge in [0, 0.05) is 5.56 Å². The van der Waals surface area contributed by atoms with Crippen LogP contribution in [-0.2, 0) is 11.3 Å². The van der Waals surface area contributed by atoms with E-state index in [9.17, 15) is 4.79 Å². The van der Waals surface area contributed by atoms with Gasteiger partial charge in [0.25, 0.3) is 5.91 Å². The molecule has 0 saturated carbocycles. The fourth-order valence-electron chi connectivity index (χ4n) is 2.75. The molecule has 0 aliphatic carbocycles. The highest BCUT2D eigenvalue weighted by atomic mass is 16.6. The topological polar surface area (TPSA) is 99.9 Å². The molecule has 3 aromatic rings. The number of methoxy groups -OCH3 is 1. The third-order valence-electron chi connectivity index (χ3n) is 3.97. The van der Waals surface area contributed by atoms with E-state index in [-0.39, 0.29) is 12.5 Å². The predicted octanol–water partition coefficient (Wildman–Crippen LogP) is 1.36. The summed E-state index contributed by atoms with van der Waals surface area (Å²) in [6.07, 6.45) is 1.51. The molecule has 0 spiro atoms. The van der Waals surface area contributed by atoms with Gasteiger partial charge in [-0.05, 0) is 24.3 Å². The number of amides is 1. The second-order valence-corrected chi connectivity index (χ2v) is 5.78. The van der Waals surface area contributed by atoms with Gasteiger partial charge in [-0.3, -0.25) is 4.79 Å². The van der Waals surface area contributed by atoms with Crippen LogP contribution in [-0.4, -0.2) is 47.4 Å². The number of para-hydroxylation sites is 1. The van der Waals surface area contributed by atoms with Crippen molar-refractivity contribution in [2.75, 3.05) is 20.3 Å². The van der Waals surface area contributed by atoms with E-state index in [2.05, 4.69) is 20.8 Å². The second kappa shape index (κ2) is 7.32. The summed E-state index contributed by atoms with van der Waals surface area (Å²) in [5.74, 6) is 1.39. The molecule has 9 nitrogen and oxygen atoms in total. The number of nitrogens with one attached hydrogen (secondary N) is 1. The van der Waals surface area contributed by atoms with Crippen LogP contribution in [0, 0.1) is 0 Å². The highest BCUT2D eigenvalue weighted by molar-refractivity contribution is 5.85. The van der Waals surface area contributed by atoms with E-state index < -0.39 is 0 Å². The molecule has 0 radical (unpaired) electrons. The lowest BCUT2D eigenvalue weighted by atomic mass is 10.2. The maximum atomic E-state index is 12.1. The maximum Gasteiger partial charge on any atom is 0.261 e. The molecule has 138 valence electrons. The van der Waals surface area contributed by atoms with Gasteiger partial charge in [0.1, 0.15) is 25.3 Å². The molecule has 0 saturated heterocycles. The Labute approximate surface area is 154 Å². The maximum absolute atomic E-state index is 12.1. The molecule has 0 unspecified atom stereocenters. The zero-order chi connectivity index (χ0) is 18.6. The molecule has 2 heterocycles. The largest absolute Gasteiger partial charge is 0.493 e. The lowest BCUT2D eigenvalue weighted by Crippen LogP contribution is -2.23. The van der Waals surface area contributed by atoms with Crippen LogP contribution in [0.4, 0.5) is 0 Å². The van der Waals surface area contributed by atoms with E-state index in [0.717, 1.165) is 11.0 Å². The first kappa shape index (κ1) is 16.8. The van der Waals surface area contributed by atoms with E-state index in [1.165, 1.54) is 10.9 Å². The van der Waals surface area contributed by atoms with Crippen LogP contribution in [0.1, 0.15) is 5.56 Å². The average molecular weight is 367 g/mol. The number of carbonyl (C=O) groups excluding carboxylic acids is 1. The summed E-state index contributed by atoms with van der Waals surface area (Å²) in [6, 6.07) is 11.0. The Morgan fingerprint density at radius 3 is 3.07 bits per heavy atom. The van der Waals surface area contributed by atoms with Crippen LogP contribution in [0.2, 0.25) is 0 Å². The summed E-state index contributed by atoms with van der Waals surface area (Å²) in [5.41, 5.74) is 4.71. The highest BCUT2D eigenvalue weighted by Gasteiger charge is 2.18. The standard InChI is InChI=1S/C18H17N5O4/c1-25-15-8-12(9-16-18(15)27-7-6-26-16)10-19-21-17(24)11-23-14-5-3-2-4-13(14)20-22-23/h2-5,8-10H,6-7,11H2,1H3,(H,21,24)/b19-10-. The number of rotatable bonds is 5. The van der Waals surface area contributed by atoms with Crippen molar-refractivity contribution in [1.82, 2.24) is 20.4 Å². The van der Waals surface area contributed by atoms with Crippen molar-refractivity contribution in [3.63, 3.8) is 0 Å². The number of hydrogen-bond acceptors (Lipinski definition) is 7. The first-order valence-corrected chi connectivity index (χ1v) is 8.32. The number of hydrogen-bond donors (Lipinski definition) is 1. The zero-order valence-corrected chi connectivity index (χ0v) is 14.6. The summed E-state index contributed by atoms with van der Waals surface area (Å²) in [7, 11) is 1.55. The van der Waals surface area contributed by atoms with Crippen LogP contribution in [0.3, 0.4) is 0 Å². The van der Waals surface area contributed by atoms with Crippen molar-refractivity contribution in [3.8, 4) is 17.2 Å². The number of carbonyl (C=O) groups is 1. The predicted molar refractivity (Wildman–Crippen MR) is 97.2 cm³/mol. The second-order valence-electron chi connectivity index (χ2n) is 5.78. The Balaban J connectivity index is 1.43. The number of nitrogens with zero attached hydrogens (tertiary/aromatic N) is 4. The third-order valence-corrected chi connectivity index (χ3v) is 3.97. The van der Waals surface area contributed by atoms with Crippen LogP contribution in [0.25, 0.3) is 11.0 Å². The lowest BCUT2D eigenvalue weighted by molar-refractivity contribution is -0.121. The van der Waals surface area contributed by atoms with Crippen molar-refractivity contribution >= 4 is 23.2 Å². The Bertz CT molecular complexity index is 997. The van der Waals surface area contributed by atoms with Crippen molar-refractivity contribution in [1.29, 1.82) is 0 Å². The van der Waals surface area contributed by atoms with Gasteiger partial charge < -0.3 is 14.2 Å². The van der Waals surface area contributed by atoms with Gasteiger partial charge in [-0.2, -0.15) is 5.10 Å². The lowest BCUT2D eigenvalue weighted by Gasteiger charge is -2.20. The Morgan fingerprint density at radius 2 is 2.19 bits per heavy atom. The Hall–Kier alpha value is -3.62. The molecule has 2 aromatic carbocycles. The van der Waals surface area contributed by atoms with Crippen molar-refractivity contribution in [2.45, 2.75) is 6.54 Å². The zero-order valence-electron chi connectivity index (χ0n) is 14.6. The quantitative estimate of drug-likeness (QED) is 0.540. The number of benzene rings is 2. The van der Waals surface area contributed by atoms with E-state index >= 15 is 0 Å². The van der Waals surface area contributed by atoms with Gasteiger partial charge in [-0.25, -0.2) is 10.1 Å². The van der Waals surface area contributed by atoms with E-state index in [0.29, 0.717) is 36.0 Å². The van der Waals surface area contributed by atoms with Crippen LogP contribution >= 0.6 is 0 Å². The first-order chi connectivity index (χ1) is 13.2. The first-order valence-electron chi connectivity index (χ1n) is 8.32. The highest BCUT2D eigenvalue weighted by Crippen LogP contribution is 2.39. The van der Waals surface area contributed by atoms with Crippen LogP contribution in [0.5, 0.6) is 17.2 Å². The van der Waals surface area contributed by atoms with Gasteiger partial charge in [-0.15, -0.1) is 5.10 Å². The number of ether oxygens (including phenoxy) is 3.